The molecule has 0 N–H and O–H groups in total. The van der Waals surface area contributed by atoms with Crippen LogP contribution in [0.3, 0.4) is 0 Å². The van der Waals surface area contributed by atoms with Crippen LogP contribution in [0.15, 0.2) is 18.3 Å². The molecule has 2 aliphatic heterocycles. The summed E-state index contributed by atoms with van der Waals surface area (Å²) in [5, 5.41) is 0. The number of carbonyl (C=O) groups is 2. The number of aromatic nitrogens is 1. The Kier molecular flexibility index (Phi) is 3.20. The molecule has 0 bridgehead atoms. The fourth-order valence-electron chi connectivity index (χ4n) is 3.05. The second-order valence-corrected chi connectivity index (χ2v) is 5.64. The van der Waals surface area contributed by atoms with Gasteiger partial charge in [0.2, 0.25) is 11.8 Å². The number of aryl methyl sites for hydroxylation is 1. The predicted molar refractivity (Wildman–Crippen MR) is 73.7 cm³/mol. The van der Waals surface area contributed by atoms with Gasteiger partial charge in [0.25, 0.3) is 0 Å². The van der Waals surface area contributed by atoms with Crippen LogP contribution in [0.1, 0.15) is 31.0 Å². The molecule has 3 rings (SSSR count). The molecule has 1 aromatic rings. The van der Waals surface area contributed by atoms with Crippen LogP contribution in [0.5, 0.6) is 0 Å². The predicted octanol–water partition coefficient (Wildman–Crippen LogP) is 1.11. The smallest absolute Gasteiger partial charge is 0.246 e. The molecule has 0 aliphatic carbocycles. The van der Waals surface area contributed by atoms with Gasteiger partial charge in [0.15, 0.2) is 0 Å². The summed E-state index contributed by atoms with van der Waals surface area (Å²) in [6, 6.07) is 3.28. The molecule has 2 fully saturated rings. The zero-order valence-corrected chi connectivity index (χ0v) is 11.9. The highest BCUT2D eigenvalue weighted by molar-refractivity contribution is 5.97. The first-order valence-corrected chi connectivity index (χ1v) is 7.10. The Bertz CT molecular complexity index is 541. The van der Waals surface area contributed by atoms with Crippen molar-refractivity contribution >= 4 is 11.8 Å². The lowest BCUT2D eigenvalue weighted by Crippen LogP contribution is -2.61. The van der Waals surface area contributed by atoms with E-state index in [1.165, 1.54) is 0 Å². The molecular weight excluding hydrogens is 254 g/mol. The van der Waals surface area contributed by atoms with Gasteiger partial charge in [0, 0.05) is 25.0 Å². The first kappa shape index (κ1) is 13.1. The van der Waals surface area contributed by atoms with Crippen molar-refractivity contribution in [2.45, 2.75) is 45.3 Å². The first-order valence-electron chi connectivity index (χ1n) is 7.10. The third-order valence-corrected chi connectivity index (χ3v) is 4.25. The molecule has 0 radical (unpaired) electrons. The molecular formula is C15H19N3O2. The molecule has 2 saturated heterocycles. The number of piperazine rings is 1. The van der Waals surface area contributed by atoms with E-state index in [-0.39, 0.29) is 23.9 Å². The van der Waals surface area contributed by atoms with Gasteiger partial charge in [-0.3, -0.25) is 14.6 Å². The number of amides is 2. The number of hydrogen-bond donors (Lipinski definition) is 0. The highest BCUT2D eigenvalue weighted by Crippen LogP contribution is 2.27. The third kappa shape index (κ3) is 2.07. The van der Waals surface area contributed by atoms with Crippen molar-refractivity contribution in [1.82, 2.24) is 14.8 Å². The van der Waals surface area contributed by atoms with Gasteiger partial charge < -0.3 is 9.80 Å². The normalized spacial score (nSPS) is 26.1. The quantitative estimate of drug-likeness (QED) is 0.811. The van der Waals surface area contributed by atoms with Crippen LogP contribution in [0.4, 0.5) is 0 Å². The SMILES string of the molecule is Cc1ccc(CN2C(=O)C3CCCN3C(=O)C2C)cn1. The number of rotatable bonds is 2. The Morgan fingerprint density at radius 3 is 2.80 bits per heavy atom. The van der Waals surface area contributed by atoms with Gasteiger partial charge in [0.05, 0.1) is 0 Å². The number of hydrogen-bond acceptors (Lipinski definition) is 3. The van der Waals surface area contributed by atoms with Crippen molar-refractivity contribution in [3.8, 4) is 0 Å². The van der Waals surface area contributed by atoms with E-state index in [0.29, 0.717) is 6.54 Å². The summed E-state index contributed by atoms with van der Waals surface area (Å²) in [5.74, 6) is 0.155. The van der Waals surface area contributed by atoms with Crippen LogP contribution in [-0.2, 0) is 16.1 Å². The maximum absolute atomic E-state index is 12.5. The largest absolute Gasteiger partial charge is 0.329 e. The van der Waals surface area contributed by atoms with Crippen molar-refractivity contribution in [3.05, 3.63) is 29.6 Å². The molecule has 0 aromatic carbocycles. The summed E-state index contributed by atoms with van der Waals surface area (Å²) in [5.41, 5.74) is 1.92. The second kappa shape index (κ2) is 4.89. The highest BCUT2D eigenvalue weighted by atomic mass is 16.2. The number of fused-ring (bicyclic) bond motifs is 1. The number of carbonyl (C=O) groups excluding carboxylic acids is 2. The molecule has 2 unspecified atom stereocenters. The zero-order valence-electron chi connectivity index (χ0n) is 11.9. The molecule has 5 nitrogen and oxygen atoms in total. The van der Waals surface area contributed by atoms with E-state index in [0.717, 1.165) is 30.6 Å². The average Bonchev–Trinajstić information content (AvgIpc) is 2.93. The van der Waals surface area contributed by atoms with Crippen LogP contribution in [0, 0.1) is 6.92 Å². The van der Waals surface area contributed by atoms with Crippen LogP contribution < -0.4 is 0 Å². The van der Waals surface area contributed by atoms with Gasteiger partial charge in [-0.2, -0.15) is 0 Å². The third-order valence-electron chi connectivity index (χ3n) is 4.25. The van der Waals surface area contributed by atoms with E-state index < -0.39 is 0 Å². The molecule has 2 amide bonds. The standard InChI is InChI=1S/C15H19N3O2/c1-10-5-6-12(8-16-10)9-18-11(2)14(19)17-7-3-4-13(17)15(18)20/h5-6,8,11,13H,3-4,7,9H2,1-2H3. The fourth-order valence-corrected chi connectivity index (χ4v) is 3.05. The highest BCUT2D eigenvalue weighted by Gasteiger charge is 2.45. The van der Waals surface area contributed by atoms with Crippen LogP contribution in [-0.4, -0.2) is 45.2 Å². The van der Waals surface area contributed by atoms with E-state index in [9.17, 15) is 9.59 Å². The summed E-state index contributed by atoms with van der Waals surface area (Å²) >= 11 is 0. The molecule has 5 heteroatoms. The van der Waals surface area contributed by atoms with E-state index in [4.69, 9.17) is 0 Å². The van der Waals surface area contributed by atoms with Gasteiger partial charge >= 0.3 is 0 Å². The van der Waals surface area contributed by atoms with E-state index in [1.807, 2.05) is 26.0 Å². The van der Waals surface area contributed by atoms with Crippen molar-refractivity contribution in [2.24, 2.45) is 0 Å². The van der Waals surface area contributed by atoms with Crippen LogP contribution in [0.25, 0.3) is 0 Å². The molecule has 106 valence electrons. The molecule has 0 saturated carbocycles. The van der Waals surface area contributed by atoms with Gasteiger partial charge in [0.1, 0.15) is 12.1 Å². The average molecular weight is 273 g/mol. The first-order chi connectivity index (χ1) is 9.58. The van der Waals surface area contributed by atoms with Gasteiger partial charge in [-0.1, -0.05) is 6.07 Å². The van der Waals surface area contributed by atoms with E-state index in [2.05, 4.69) is 4.98 Å². The minimum atomic E-state index is -0.377. The van der Waals surface area contributed by atoms with Crippen LogP contribution >= 0.6 is 0 Å². The summed E-state index contributed by atoms with van der Waals surface area (Å²) in [7, 11) is 0. The second-order valence-electron chi connectivity index (χ2n) is 5.64. The van der Waals surface area contributed by atoms with E-state index in [1.54, 1.807) is 16.0 Å². The van der Waals surface area contributed by atoms with Crippen molar-refractivity contribution in [1.29, 1.82) is 0 Å². The van der Waals surface area contributed by atoms with Gasteiger partial charge in [-0.05, 0) is 38.3 Å². The minimum Gasteiger partial charge on any atom is -0.329 e. The number of nitrogens with zero attached hydrogens (tertiary/aromatic N) is 3. The van der Waals surface area contributed by atoms with Gasteiger partial charge in [-0.25, -0.2) is 0 Å². The maximum Gasteiger partial charge on any atom is 0.246 e. The van der Waals surface area contributed by atoms with Crippen molar-refractivity contribution in [2.75, 3.05) is 6.54 Å². The Labute approximate surface area is 118 Å². The lowest BCUT2D eigenvalue weighted by Gasteiger charge is -2.40. The lowest BCUT2D eigenvalue weighted by molar-refractivity contribution is -0.159. The summed E-state index contributed by atoms with van der Waals surface area (Å²) in [6.45, 7) is 4.93. The fraction of sp³-hybridized carbons (Fsp3) is 0.533. The van der Waals surface area contributed by atoms with E-state index >= 15 is 0 Å². The maximum atomic E-state index is 12.5. The Hall–Kier alpha value is -1.91. The van der Waals surface area contributed by atoms with Crippen molar-refractivity contribution in [3.63, 3.8) is 0 Å². The summed E-state index contributed by atoms with van der Waals surface area (Å²) < 4.78 is 0. The summed E-state index contributed by atoms with van der Waals surface area (Å²) in [4.78, 5) is 32.6. The molecule has 1 aromatic heterocycles. The van der Waals surface area contributed by atoms with Crippen molar-refractivity contribution < 1.29 is 9.59 Å². The Morgan fingerprint density at radius 1 is 1.30 bits per heavy atom. The molecule has 0 spiro atoms. The topological polar surface area (TPSA) is 53.5 Å². The minimum absolute atomic E-state index is 0.0761. The summed E-state index contributed by atoms with van der Waals surface area (Å²) in [6.07, 6.45) is 3.50. The molecule has 20 heavy (non-hydrogen) atoms. The zero-order chi connectivity index (χ0) is 14.3. The Balaban J connectivity index is 1.82. The monoisotopic (exact) mass is 273 g/mol. The van der Waals surface area contributed by atoms with Crippen LogP contribution in [0.2, 0.25) is 0 Å². The van der Waals surface area contributed by atoms with Gasteiger partial charge in [-0.15, -0.1) is 0 Å². The Morgan fingerprint density at radius 2 is 2.10 bits per heavy atom. The number of pyridine rings is 1. The molecule has 2 atom stereocenters. The molecule has 3 heterocycles. The molecule has 2 aliphatic rings. The lowest BCUT2D eigenvalue weighted by atomic mass is 10.1.